The van der Waals surface area contributed by atoms with E-state index in [1.165, 1.54) is 6.92 Å². The Morgan fingerprint density at radius 1 is 0.950 bits per heavy atom. The van der Waals surface area contributed by atoms with Crippen LogP contribution in [0.5, 0.6) is 5.75 Å². The van der Waals surface area contributed by atoms with Crippen LogP contribution in [-0.2, 0) is 9.68 Å². The number of para-hydroxylation sites is 1. The molecule has 2 aromatic carbocycles. The molecule has 3 nitrogen and oxygen atoms in total. The van der Waals surface area contributed by atoms with Crippen LogP contribution >= 0.6 is 34.8 Å². The lowest BCUT2D eigenvalue weighted by molar-refractivity contribution is -0.210. The Morgan fingerprint density at radius 2 is 1.60 bits per heavy atom. The van der Waals surface area contributed by atoms with Crippen LogP contribution in [0.1, 0.15) is 6.92 Å². The van der Waals surface area contributed by atoms with Crippen LogP contribution in [-0.4, -0.2) is 5.97 Å². The van der Waals surface area contributed by atoms with Crippen molar-refractivity contribution in [3.63, 3.8) is 0 Å². The average Bonchev–Trinajstić information content (AvgIpc) is 2.41. The van der Waals surface area contributed by atoms with E-state index in [0.29, 0.717) is 31.9 Å². The summed E-state index contributed by atoms with van der Waals surface area (Å²) in [5.41, 5.74) is 1.26. The van der Waals surface area contributed by atoms with Crippen LogP contribution in [0.3, 0.4) is 0 Å². The summed E-state index contributed by atoms with van der Waals surface area (Å²) in [6.07, 6.45) is 0. The first-order chi connectivity index (χ1) is 9.49. The smallest absolute Gasteiger partial charge is 0.286 e. The Morgan fingerprint density at radius 3 is 2.30 bits per heavy atom. The highest BCUT2D eigenvalue weighted by molar-refractivity contribution is 6.44. The number of rotatable bonds is 3. The molecule has 0 aliphatic carbocycles. The first kappa shape index (κ1) is 15.0. The van der Waals surface area contributed by atoms with E-state index < -0.39 is 5.97 Å². The summed E-state index contributed by atoms with van der Waals surface area (Å²) >= 11 is 18.1. The van der Waals surface area contributed by atoms with E-state index in [9.17, 15) is 4.79 Å². The number of hydrogen-bond acceptors (Lipinski definition) is 3. The van der Waals surface area contributed by atoms with Gasteiger partial charge >= 0.3 is 5.97 Å². The van der Waals surface area contributed by atoms with Gasteiger partial charge in [-0.3, -0.25) is 9.78 Å². The maximum Gasteiger partial charge on any atom is 0.352 e. The van der Waals surface area contributed by atoms with Crippen LogP contribution in [0.25, 0.3) is 11.1 Å². The highest BCUT2D eigenvalue weighted by Gasteiger charge is 2.13. The maximum absolute atomic E-state index is 10.8. The summed E-state index contributed by atoms with van der Waals surface area (Å²) in [4.78, 5) is 20.4. The Balaban J connectivity index is 2.47. The summed E-state index contributed by atoms with van der Waals surface area (Å²) in [5, 5.41) is 1.14. The molecule has 0 spiro atoms. The van der Waals surface area contributed by atoms with Gasteiger partial charge in [-0.05, 0) is 18.2 Å². The van der Waals surface area contributed by atoms with E-state index in [0.717, 1.165) is 0 Å². The fourth-order valence-corrected chi connectivity index (χ4v) is 2.24. The van der Waals surface area contributed by atoms with Crippen molar-refractivity contribution >= 4 is 40.8 Å². The van der Waals surface area contributed by atoms with E-state index in [1.807, 2.05) is 0 Å². The number of carbonyl (C=O) groups excluding carboxylic acids is 1. The third kappa shape index (κ3) is 3.37. The molecule has 0 fully saturated rings. The van der Waals surface area contributed by atoms with E-state index >= 15 is 0 Å². The third-order valence-corrected chi connectivity index (χ3v) is 3.47. The number of halogens is 3. The predicted molar refractivity (Wildman–Crippen MR) is 79.3 cm³/mol. The predicted octanol–water partition coefficient (Wildman–Crippen LogP) is 5.17. The largest absolute Gasteiger partial charge is 0.352 e. The minimum absolute atomic E-state index is 0.350. The Bertz CT molecular complexity index is 656. The quantitative estimate of drug-likeness (QED) is 0.442. The number of hydrogen-bond donors (Lipinski definition) is 0. The van der Waals surface area contributed by atoms with Gasteiger partial charge in [0.2, 0.25) is 0 Å². The lowest BCUT2D eigenvalue weighted by Gasteiger charge is -2.11. The minimum atomic E-state index is -0.556. The zero-order chi connectivity index (χ0) is 14.7. The second-order valence-electron chi connectivity index (χ2n) is 3.90. The van der Waals surface area contributed by atoms with Gasteiger partial charge in [0.15, 0.2) is 5.75 Å². The monoisotopic (exact) mass is 330 g/mol. The van der Waals surface area contributed by atoms with Crippen LogP contribution in [0.4, 0.5) is 0 Å². The summed E-state index contributed by atoms with van der Waals surface area (Å²) in [7, 11) is 0. The van der Waals surface area contributed by atoms with Crippen molar-refractivity contribution in [1.82, 2.24) is 0 Å². The molecular weight excluding hydrogens is 323 g/mol. The number of benzene rings is 2. The Kier molecular flexibility index (Phi) is 4.76. The molecule has 0 saturated carbocycles. The molecule has 2 aromatic rings. The van der Waals surface area contributed by atoms with E-state index in [2.05, 4.69) is 4.89 Å². The molecule has 0 radical (unpaired) electrons. The van der Waals surface area contributed by atoms with Crippen molar-refractivity contribution in [2.75, 3.05) is 0 Å². The SMILES string of the molecule is CC(=O)OOc1ccccc1-c1cc(Cl)c(Cl)cc1Cl. The molecule has 2 rings (SSSR count). The average molecular weight is 332 g/mol. The van der Waals surface area contributed by atoms with Gasteiger partial charge in [-0.25, -0.2) is 4.79 Å². The van der Waals surface area contributed by atoms with E-state index in [4.69, 9.17) is 39.7 Å². The molecule has 0 unspecified atom stereocenters. The van der Waals surface area contributed by atoms with E-state index in [1.54, 1.807) is 36.4 Å². The van der Waals surface area contributed by atoms with Crippen molar-refractivity contribution in [3.05, 3.63) is 51.5 Å². The van der Waals surface area contributed by atoms with Gasteiger partial charge in [0.05, 0.1) is 15.1 Å². The van der Waals surface area contributed by atoms with Crippen molar-refractivity contribution in [2.24, 2.45) is 0 Å². The van der Waals surface area contributed by atoms with Gasteiger partial charge in [-0.15, -0.1) is 0 Å². The molecule has 0 saturated heterocycles. The molecule has 0 atom stereocenters. The van der Waals surface area contributed by atoms with Crippen molar-refractivity contribution in [1.29, 1.82) is 0 Å². The summed E-state index contributed by atoms with van der Waals surface area (Å²) in [6.45, 7) is 1.24. The molecule has 104 valence electrons. The fraction of sp³-hybridized carbons (Fsp3) is 0.0714. The van der Waals surface area contributed by atoms with Gasteiger partial charge in [0.25, 0.3) is 0 Å². The Hall–Kier alpha value is -1.42. The van der Waals surface area contributed by atoms with Gasteiger partial charge in [0.1, 0.15) is 0 Å². The minimum Gasteiger partial charge on any atom is -0.286 e. The fourth-order valence-electron chi connectivity index (χ4n) is 1.59. The molecule has 6 heteroatoms. The molecule has 0 amide bonds. The molecule has 0 heterocycles. The molecule has 20 heavy (non-hydrogen) atoms. The summed E-state index contributed by atoms with van der Waals surface area (Å²) in [6, 6.07) is 10.1. The molecule has 0 bridgehead atoms. The normalized spacial score (nSPS) is 10.2. The second-order valence-corrected chi connectivity index (χ2v) is 5.12. The zero-order valence-electron chi connectivity index (χ0n) is 10.3. The van der Waals surface area contributed by atoms with Gasteiger partial charge < -0.3 is 0 Å². The molecule has 0 aliphatic heterocycles. The summed E-state index contributed by atoms with van der Waals surface area (Å²) in [5.74, 6) is -0.206. The van der Waals surface area contributed by atoms with Gasteiger partial charge in [-0.2, -0.15) is 0 Å². The van der Waals surface area contributed by atoms with Crippen LogP contribution < -0.4 is 4.89 Å². The maximum atomic E-state index is 10.8. The first-order valence-corrected chi connectivity index (χ1v) is 6.71. The molecular formula is C14H9Cl3O3. The van der Waals surface area contributed by atoms with Gasteiger partial charge in [-0.1, -0.05) is 53.0 Å². The zero-order valence-corrected chi connectivity index (χ0v) is 12.6. The van der Waals surface area contributed by atoms with Gasteiger partial charge in [0, 0.05) is 18.1 Å². The standard InChI is InChI=1S/C14H9Cl3O3/c1-8(18)19-20-14-5-3-2-4-9(14)10-6-12(16)13(17)7-11(10)15/h2-7H,1H3. The van der Waals surface area contributed by atoms with Crippen LogP contribution in [0, 0.1) is 0 Å². The lowest BCUT2D eigenvalue weighted by atomic mass is 10.0. The van der Waals surface area contributed by atoms with Crippen molar-refractivity contribution in [3.8, 4) is 16.9 Å². The molecule has 0 N–H and O–H groups in total. The topological polar surface area (TPSA) is 35.5 Å². The lowest BCUT2D eigenvalue weighted by Crippen LogP contribution is -2.03. The highest BCUT2D eigenvalue weighted by Crippen LogP contribution is 2.39. The van der Waals surface area contributed by atoms with Crippen molar-refractivity contribution < 1.29 is 14.6 Å². The van der Waals surface area contributed by atoms with Crippen LogP contribution in [0.15, 0.2) is 36.4 Å². The van der Waals surface area contributed by atoms with Crippen LogP contribution in [0.2, 0.25) is 15.1 Å². The number of carbonyl (C=O) groups is 1. The second kappa shape index (κ2) is 6.35. The Labute approximate surface area is 130 Å². The first-order valence-electron chi connectivity index (χ1n) is 5.58. The highest BCUT2D eigenvalue weighted by atomic mass is 35.5. The molecule has 0 aliphatic rings. The summed E-state index contributed by atoms with van der Waals surface area (Å²) < 4.78 is 0. The molecule has 0 aromatic heterocycles. The van der Waals surface area contributed by atoms with Crippen molar-refractivity contribution in [2.45, 2.75) is 6.92 Å². The van der Waals surface area contributed by atoms with E-state index in [-0.39, 0.29) is 0 Å². The third-order valence-electron chi connectivity index (χ3n) is 2.44.